The van der Waals surface area contributed by atoms with E-state index in [1.54, 1.807) is 12.1 Å². The van der Waals surface area contributed by atoms with Gasteiger partial charge in [-0.15, -0.1) is 0 Å². The molecule has 1 aliphatic rings. The van der Waals surface area contributed by atoms with E-state index < -0.39 is 6.55 Å². The zero-order chi connectivity index (χ0) is 21.4. The Bertz CT molecular complexity index is 1170. The Morgan fingerprint density at radius 1 is 1.37 bits per heavy atom. The molecule has 0 aliphatic heterocycles. The van der Waals surface area contributed by atoms with Gasteiger partial charge >= 0.3 is 6.55 Å². The smallest absolute Gasteiger partial charge is 0.333 e. The monoisotopic (exact) mass is 406 g/mol. The highest BCUT2D eigenvalue weighted by molar-refractivity contribution is 6.14. The van der Waals surface area contributed by atoms with Crippen molar-refractivity contribution < 1.29 is 8.78 Å². The molecule has 152 valence electrons. The summed E-state index contributed by atoms with van der Waals surface area (Å²) in [5, 5.41) is 24.7. The highest BCUT2D eigenvalue weighted by Crippen LogP contribution is 2.37. The second-order valence-corrected chi connectivity index (χ2v) is 7.32. The van der Waals surface area contributed by atoms with Crippen LogP contribution in [0.3, 0.4) is 0 Å². The lowest BCUT2D eigenvalue weighted by Gasteiger charge is -2.18. The van der Waals surface area contributed by atoms with Crippen molar-refractivity contribution >= 4 is 17.1 Å². The number of nitrogen functional groups attached to an aromatic ring is 1. The van der Waals surface area contributed by atoms with Crippen molar-refractivity contribution in [3.8, 4) is 6.07 Å². The number of nitrogens with zero attached hydrogens (tertiary/aromatic N) is 3. The molecular formula is C22H20F2N6. The van der Waals surface area contributed by atoms with Crippen LogP contribution in [0.25, 0.3) is 0 Å². The normalized spacial score (nSPS) is 15.1. The Morgan fingerprint density at radius 3 is 2.87 bits per heavy atom. The quantitative estimate of drug-likeness (QED) is 0.427. The number of alkyl halides is 2. The van der Waals surface area contributed by atoms with Crippen LogP contribution in [0.15, 0.2) is 42.7 Å². The van der Waals surface area contributed by atoms with E-state index in [1.807, 2.05) is 25.1 Å². The van der Waals surface area contributed by atoms with E-state index in [0.717, 1.165) is 35.9 Å². The largest absolute Gasteiger partial charge is 0.398 e. The van der Waals surface area contributed by atoms with E-state index in [-0.39, 0.29) is 17.3 Å². The number of aromatic nitrogens is 2. The van der Waals surface area contributed by atoms with Gasteiger partial charge in [0, 0.05) is 28.7 Å². The molecule has 3 aromatic rings. The minimum atomic E-state index is -2.76. The number of fused-ring (bicyclic) bond motifs is 1. The van der Waals surface area contributed by atoms with Crippen molar-refractivity contribution in [2.45, 2.75) is 32.4 Å². The first-order valence-electron chi connectivity index (χ1n) is 9.49. The molecule has 1 aromatic heterocycles. The summed E-state index contributed by atoms with van der Waals surface area (Å²) in [7, 11) is 0. The molecule has 1 unspecified atom stereocenters. The van der Waals surface area contributed by atoms with Crippen molar-refractivity contribution in [1.82, 2.24) is 9.78 Å². The van der Waals surface area contributed by atoms with Gasteiger partial charge in [0.05, 0.1) is 29.6 Å². The van der Waals surface area contributed by atoms with E-state index in [0.29, 0.717) is 21.5 Å². The molecule has 1 aliphatic carbocycles. The lowest BCUT2D eigenvalue weighted by molar-refractivity contribution is 0.0566. The molecule has 4 N–H and O–H groups in total. The van der Waals surface area contributed by atoms with Crippen LogP contribution in [0.1, 0.15) is 52.4 Å². The molecule has 8 heteroatoms. The number of nitrogens with two attached hydrogens (primary N) is 1. The van der Waals surface area contributed by atoms with E-state index in [4.69, 9.17) is 11.1 Å². The van der Waals surface area contributed by atoms with Gasteiger partial charge in [-0.05, 0) is 60.7 Å². The molecule has 1 heterocycles. The summed E-state index contributed by atoms with van der Waals surface area (Å²) >= 11 is 0. The number of nitriles is 1. The Balaban J connectivity index is 1.60. The molecule has 1 atom stereocenters. The number of halogens is 2. The first-order chi connectivity index (χ1) is 14.4. The van der Waals surface area contributed by atoms with Crippen LogP contribution in [-0.2, 0) is 6.42 Å². The third-order valence-corrected chi connectivity index (χ3v) is 5.57. The van der Waals surface area contributed by atoms with E-state index in [9.17, 15) is 14.0 Å². The van der Waals surface area contributed by atoms with E-state index in [1.165, 1.54) is 11.8 Å². The zero-order valence-electron chi connectivity index (χ0n) is 16.3. The summed E-state index contributed by atoms with van der Waals surface area (Å²) < 4.78 is 26.1. The van der Waals surface area contributed by atoms with Gasteiger partial charge in [0.2, 0.25) is 0 Å². The van der Waals surface area contributed by atoms with Crippen molar-refractivity contribution in [1.29, 1.82) is 10.7 Å². The van der Waals surface area contributed by atoms with Gasteiger partial charge < -0.3 is 11.1 Å². The molecule has 6 nitrogen and oxygen atoms in total. The van der Waals surface area contributed by atoms with Crippen molar-refractivity contribution in [3.63, 3.8) is 0 Å². The van der Waals surface area contributed by atoms with Crippen LogP contribution in [0.5, 0.6) is 0 Å². The summed E-state index contributed by atoms with van der Waals surface area (Å²) in [4.78, 5) is 0. The molecule has 0 radical (unpaired) electrons. The highest BCUT2D eigenvalue weighted by atomic mass is 19.3. The molecule has 0 saturated heterocycles. The second-order valence-electron chi connectivity index (χ2n) is 7.32. The Kier molecular flexibility index (Phi) is 4.96. The summed E-state index contributed by atoms with van der Waals surface area (Å²) in [6.07, 6.45) is 4.15. The summed E-state index contributed by atoms with van der Waals surface area (Å²) in [5.41, 5.74) is 12.1. The predicted molar refractivity (Wildman–Crippen MR) is 111 cm³/mol. The maximum Gasteiger partial charge on any atom is 0.333 e. The van der Waals surface area contributed by atoms with Gasteiger partial charge in [-0.2, -0.15) is 19.1 Å². The zero-order valence-corrected chi connectivity index (χ0v) is 16.3. The van der Waals surface area contributed by atoms with Gasteiger partial charge in [0.15, 0.2) is 0 Å². The minimum absolute atomic E-state index is 0.0318. The molecule has 2 aromatic carbocycles. The molecule has 0 amide bonds. The Labute approximate surface area is 172 Å². The first-order valence-corrected chi connectivity index (χ1v) is 9.49. The molecule has 0 spiro atoms. The number of nitrogens with one attached hydrogen (secondary N) is 2. The maximum atomic E-state index is 12.8. The topological polar surface area (TPSA) is 104 Å². The Morgan fingerprint density at radius 2 is 2.17 bits per heavy atom. The van der Waals surface area contributed by atoms with Crippen LogP contribution in [-0.4, -0.2) is 15.5 Å². The maximum absolute atomic E-state index is 12.8. The van der Waals surface area contributed by atoms with Gasteiger partial charge in [0.1, 0.15) is 0 Å². The third kappa shape index (κ3) is 3.39. The number of hydrogen-bond donors (Lipinski definition) is 3. The fraction of sp³-hybridized carbons (Fsp3) is 0.227. The average Bonchev–Trinajstić information content (AvgIpc) is 3.37. The molecule has 0 fully saturated rings. The van der Waals surface area contributed by atoms with E-state index >= 15 is 0 Å². The number of rotatable bonds is 5. The van der Waals surface area contributed by atoms with Gasteiger partial charge in [0.25, 0.3) is 0 Å². The summed E-state index contributed by atoms with van der Waals surface area (Å²) in [6.45, 7) is -0.786. The molecule has 0 saturated carbocycles. The van der Waals surface area contributed by atoms with Gasteiger partial charge in [-0.25, -0.2) is 4.68 Å². The fourth-order valence-electron chi connectivity index (χ4n) is 3.94. The van der Waals surface area contributed by atoms with Crippen LogP contribution in [0, 0.1) is 23.7 Å². The van der Waals surface area contributed by atoms with E-state index in [2.05, 4.69) is 16.5 Å². The van der Waals surface area contributed by atoms with Crippen LogP contribution < -0.4 is 11.1 Å². The minimum Gasteiger partial charge on any atom is -0.398 e. The molecule has 4 rings (SSSR count). The third-order valence-electron chi connectivity index (χ3n) is 5.57. The van der Waals surface area contributed by atoms with Crippen LogP contribution >= 0.6 is 0 Å². The number of benzene rings is 2. The lowest BCUT2D eigenvalue weighted by Crippen LogP contribution is -2.10. The van der Waals surface area contributed by atoms with Crippen LogP contribution in [0.2, 0.25) is 0 Å². The highest BCUT2D eigenvalue weighted by Gasteiger charge is 2.25. The SMILES string of the molecule is Cc1c(C#N)ccc2c1CCC2Nc1ccc(N)c(C(=N)c2cnn(C(F)F)c2)c1. The summed E-state index contributed by atoms with van der Waals surface area (Å²) in [6, 6.07) is 11.4. The second kappa shape index (κ2) is 7.59. The predicted octanol–water partition coefficient (Wildman–Crippen LogP) is 4.56. The van der Waals surface area contributed by atoms with Crippen molar-refractivity contribution in [3.05, 3.63) is 76.1 Å². The molecular weight excluding hydrogens is 386 g/mol. The lowest BCUT2D eigenvalue weighted by atomic mass is 9.98. The Hall–Kier alpha value is -3.73. The summed E-state index contributed by atoms with van der Waals surface area (Å²) in [5.74, 6) is 0. The average molecular weight is 406 g/mol. The number of hydrogen-bond acceptors (Lipinski definition) is 5. The van der Waals surface area contributed by atoms with Gasteiger partial charge in [-0.1, -0.05) is 6.07 Å². The van der Waals surface area contributed by atoms with Crippen molar-refractivity contribution in [2.75, 3.05) is 11.1 Å². The van der Waals surface area contributed by atoms with Crippen LogP contribution in [0.4, 0.5) is 20.2 Å². The first kappa shape index (κ1) is 19.6. The molecule has 30 heavy (non-hydrogen) atoms. The van der Waals surface area contributed by atoms with Crippen molar-refractivity contribution in [2.24, 2.45) is 0 Å². The standard InChI is InChI=1S/C22H20F2N6/c1-12-13(9-25)2-4-17-16(12)5-7-20(17)29-15-3-6-19(26)18(8-15)21(27)14-10-28-30(11-14)22(23)24/h2-4,6,8,10-11,20,22,27,29H,5,7,26H2,1H3. The molecule has 0 bridgehead atoms. The number of anilines is 2. The fourth-order valence-corrected chi connectivity index (χ4v) is 3.94. The van der Waals surface area contributed by atoms with Gasteiger partial charge in [-0.3, -0.25) is 5.41 Å².